The van der Waals surface area contributed by atoms with Crippen molar-refractivity contribution in [2.45, 2.75) is 0 Å². The maximum Gasteiger partial charge on any atom is 0.158 e. The first-order chi connectivity index (χ1) is 10.6. The van der Waals surface area contributed by atoms with Crippen molar-refractivity contribution in [3.8, 4) is 22.8 Å². The van der Waals surface area contributed by atoms with Crippen LogP contribution in [0, 0.1) is 0 Å². The number of rotatable bonds is 1. The zero-order valence-electron chi connectivity index (χ0n) is 11.9. The fourth-order valence-corrected chi connectivity index (χ4v) is 2.66. The molecule has 2 N–H and O–H groups in total. The van der Waals surface area contributed by atoms with Crippen molar-refractivity contribution in [3.63, 3.8) is 0 Å². The monoisotopic (exact) mass is 291 g/mol. The van der Waals surface area contributed by atoms with Crippen LogP contribution in [0.2, 0.25) is 0 Å². The molecule has 22 heavy (non-hydrogen) atoms. The maximum absolute atomic E-state index is 9.65. The van der Waals surface area contributed by atoms with E-state index in [1.807, 2.05) is 25.2 Å². The quantitative estimate of drug-likeness (QED) is 0.565. The Bertz CT molecular complexity index is 1000. The number of aromatic nitrogens is 3. The van der Waals surface area contributed by atoms with Crippen molar-refractivity contribution >= 4 is 21.9 Å². The first-order valence-corrected chi connectivity index (χ1v) is 6.88. The summed E-state index contributed by atoms with van der Waals surface area (Å²) in [6.07, 6.45) is 0. The summed E-state index contributed by atoms with van der Waals surface area (Å²) in [6, 6.07) is 14.0. The van der Waals surface area contributed by atoms with Gasteiger partial charge in [0.05, 0.1) is 5.52 Å². The number of aromatic hydroxyl groups is 2. The lowest BCUT2D eigenvalue weighted by molar-refractivity contribution is 0.475. The highest BCUT2D eigenvalue weighted by molar-refractivity contribution is 5.99. The Hall–Kier alpha value is -3.08. The van der Waals surface area contributed by atoms with Crippen LogP contribution < -0.4 is 0 Å². The molecule has 0 unspecified atom stereocenters. The van der Waals surface area contributed by atoms with Crippen molar-refractivity contribution in [1.82, 2.24) is 14.8 Å². The summed E-state index contributed by atoms with van der Waals surface area (Å²) in [5.41, 5.74) is 3.30. The van der Waals surface area contributed by atoms with Gasteiger partial charge in [0.2, 0.25) is 0 Å². The van der Waals surface area contributed by atoms with Gasteiger partial charge in [0.25, 0.3) is 0 Å². The van der Waals surface area contributed by atoms with Crippen molar-refractivity contribution in [2.75, 3.05) is 0 Å². The molecule has 0 amide bonds. The van der Waals surface area contributed by atoms with Crippen LogP contribution in [0.4, 0.5) is 0 Å². The third-order valence-corrected chi connectivity index (χ3v) is 3.73. The molecule has 4 rings (SSSR count). The lowest BCUT2D eigenvalue weighted by atomic mass is 10.1. The molecular weight excluding hydrogens is 278 g/mol. The highest BCUT2D eigenvalue weighted by Crippen LogP contribution is 2.31. The van der Waals surface area contributed by atoms with E-state index in [0.29, 0.717) is 0 Å². The summed E-state index contributed by atoms with van der Waals surface area (Å²) in [4.78, 5) is 4.62. The molecule has 0 aliphatic heterocycles. The average molecular weight is 291 g/mol. The van der Waals surface area contributed by atoms with Gasteiger partial charge in [-0.25, -0.2) is 9.67 Å². The van der Waals surface area contributed by atoms with Crippen LogP contribution >= 0.6 is 0 Å². The highest BCUT2D eigenvalue weighted by Gasteiger charge is 2.13. The molecule has 0 saturated carbocycles. The number of benzene rings is 2. The standard InChI is InChI=1S/C17H13N3O2/c1-20-17-14(9-11-8-13(22)6-7-15(11)18-17)16(19-20)10-2-4-12(21)5-3-10/h2-9,21-22H,1H3. The maximum atomic E-state index is 9.65. The van der Waals surface area contributed by atoms with Gasteiger partial charge in [-0.2, -0.15) is 5.10 Å². The van der Waals surface area contributed by atoms with E-state index in [-0.39, 0.29) is 11.5 Å². The summed E-state index contributed by atoms with van der Waals surface area (Å²) in [5.74, 6) is 0.432. The van der Waals surface area contributed by atoms with Crippen LogP contribution in [0.3, 0.4) is 0 Å². The molecule has 0 fully saturated rings. The van der Waals surface area contributed by atoms with Gasteiger partial charge in [0.1, 0.15) is 17.2 Å². The number of hydrogen-bond donors (Lipinski definition) is 2. The molecule has 5 nitrogen and oxygen atoms in total. The van der Waals surface area contributed by atoms with E-state index < -0.39 is 0 Å². The predicted octanol–water partition coefficient (Wildman–Crippen LogP) is 3.20. The lowest BCUT2D eigenvalue weighted by Crippen LogP contribution is -1.92. The molecule has 0 bridgehead atoms. The second-order valence-electron chi connectivity index (χ2n) is 5.26. The summed E-state index contributed by atoms with van der Waals surface area (Å²) >= 11 is 0. The van der Waals surface area contributed by atoms with Gasteiger partial charge >= 0.3 is 0 Å². The van der Waals surface area contributed by atoms with E-state index >= 15 is 0 Å². The molecule has 0 aliphatic rings. The third kappa shape index (κ3) is 1.87. The number of pyridine rings is 1. The van der Waals surface area contributed by atoms with Crippen LogP contribution in [0.15, 0.2) is 48.5 Å². The molecule has 0 spiro atoms. The van der Waals surface area contributed by atoms with Gasteiger partial charge < -0.3 is 10.2 Å². The summed E-state index contributed by atoms with van der Waals surface area (Å²) in [7, 11) is 1.85. The molecule has 108 valence electrons. The number of fused-ring (bicyclic) bond motifs is 2. The van der Waals surface area contributed by atoms with E-state index in [0.717, 1.165) is 33.2 Å². The van der Waals surface area contributed by atoms with E-state index in [2.05, 4.69) is 10.1 Å². The summed E-state index contributed by atoms with van der Waals surface area (Å²) < 4.78 is 1.74. The fourth-order valence-electron chi connectivity index (χ4n) is 2.66. The fraction of sp³-hybridized carbons (Fsp3) is 0.0588. The van der Waals surface area contributed by atoms with E-state index in [4.69, 9.17) is 0 Å². The van der Waals surface area contributed by atoms with Gasteiger partial charge in [-0.1, -0.05) is 0 Å². The van der Waals surface area contributed by atoms with Crippen LogP contribution in [0.25, 0.3) is 33.2 Å². The second kappa shape index (κ2) is 4.46. The Morgan fingerprint density at radius 2 is 1.64 bits per heavy atom. The van der Waals surface area contributed by atoms with Crippen molar-refractivity contribution < 1.29 is 10.2 Å². The number of hydrogen-bond acceptors (Lipinski definition) is 4. The normalized spacial score (nSPS) is 11.3. The van der Waals surface area contributed by atoms with Crippen molar-refractivity contribution in [3.05, 3.63) is 48.5 Å². The first kappa shape index (κ1) is 12.6. The Balaban J connectivity index is 2.04. The van der Waals surface area contributed by atoms with E-state index in [1.165, 1.54) is 0 Å². The minimum atomic E-state index is 0.212. The highest BCUT2D eigenvalue weighted by atomic mass is 16.3. The molecule has 0 atom stereocenters. The topological polar surface area (TPSA) is 71.2 Å². The van der Waals surface area contributed by atoms with Crippen LogP contribution in [-0.4, -0.2) is 25.0 Å². The minimum Gasteiger partial charge on any atom is -0.508 e. The van der Waals surface area contributed by atoms with Crippen LogP contribution in [0.1, 0.15) is 0 Å². The third-order valence-electron chi connectivity index (χ3n) is 3.73. The Morgan fingerprint density at radius 3 is 2.41 bits per heavy atom. The number of aryl methyl sites for hydroxylation is 1. The molecule has 0 saturated heterocycles. The van der Waals surface area contributed by atoms with Crippen LogP contribution in [-0.2, 0) is 7.05 Å². The summed E-state index contributed by atoms with van der Waals surface area (Å²) in [5, 5.41) is 25.4. The van der Waals surface area contributed by atoms with Crippen molar-refractivity contribution in [2.24, 2.45) is 7.05 Å². The van der Waals surface area contributed by atoms with Gasteiger partial charge in [-0.05, 0) is 48.5 Å². The van der Waals surface area contributed by atoms with Crippen molar-refractivity contribution in [1.29, 1.82) is 0 Å². The molecule has 2 aromatic heterocycles. The Labute approximate surface area is 126 Å². The molecule has 0 aliphatic carbocycles. The number of phenolic OH excluding ortho intramolecular Hbond substituents is 2. The zero-order chi connectivity index (χ0) is 15.3. The molecular formula is C17H13N3O2. The van der Waals surface area contributed by atoms with E-state index in [9.17, 15) is 10.2 Å². The first-order valence-electron chi connectivity index (χ1n) is 6.88. The number of nitrogens with zero attached hydrogens (tertiary/aromatic N) is 3. The average Bonchev–Trinajstić information content (AvgIpc) is 2.82. The lowest BCUT2D eigenvalue weighted by Gasteiger charge is -2.01. The smallest absolute Gasteiger partial charge is 0.158 e. The SMILES string of the molecule is Cn1nc(-c2ccc(O)cc2)c2cc3cc(O)ccc3nc21. The second-order valence-corrected chi connectivity index (χ2v) is 5.26. The molecule has 2 heterocycles. The van der Waals surface area contributed by atoms with E-state index in [1.54, 1.807) is 35.0 Å². The Kier molecular flexibility index (Phi) is 2.56. The van der Waals surface area contributed by atoms with Crippen LogP contribution in [0.5, 0.6) is 11.5 Å². The molecule has 4 aromatic rings. The number of phenols is 2. The predicted molar refractivity (Wildman–Crippen MR) is 84.8 cm³/mol. The van der Waals surface area contributed by atoms with Gasteiger partial charge in [0, 0.05) is 23.4 Å². The van der Waals surface area contributed by atoms with Gasteiger partial charge in [-0.15, -0.1) is 0 Å². The molecule has 2 aromatic carbocycles. The van der Waals surface area contributed by atoms with Gasteiger partial charge in [0.15, 0.2) is 5.65 Å². The van der Waals surface area contributed by atoms with Gasteiger partial charge in [-0.3, -0.25) is 0 Å². The molecule has 0 radical (unpaired) electrons. The minimum absolute atomic E-state index is 0.212. The largest absolute Gasteiger partial charge is 0.508 e. The Morgan fingerprint density at radius 1 is 0.909 bits per heavy atom. The molecule has 5 heteroatoms. The zero-order valence-corrected chi connectivity index (χ0v) is 11.9. The summed E-state index contributed by atoms with van der Waals surface area (Å²) in [6.45, 7) is 0.